The van der Waals surface area contributed by atoms with Crippen LogP contribution in [0.5, 0.6) is 0 Å². The molecule has 0 radical (unpaired) electrons. The maximum atomic E-state index is 12.7. The average Bonchev–Trinajstić information content (AvgIpc) is 3.04. The van der Waals surface area contributed by atoms with Gasteiger partial charge in [0.25, 0.3) is 0 Å². The van der Waals surface area contributed by atoms with Crippen LogP contribution in [-0.4, -0.2) is 38.8 Å². The van der Waals surface area contributed by atoms with Crippen LogP contribution < -0.4 is 0 Å². The Balaban J connectivity index is 1.57. The number of rotatable bonds is 3. The van der Waals surface area contributed by atoms with E-state index >= 15 is 0 Å². The zero-order chi connectivity index (χ0) is 15.6. The predicted octanol–water partition coefficient (Wildman–Crippen LogP) is 3.49. The van der Waals surface area contributed by atoms with Gasteiger partial charge in [0.2, 0.25) is 5.91 Å². The highest BCUT2D eigenvalue weighted by molar-refractivity contribution is 8.00. The van der Waals surface area contributed by atoms with Crippen LogP contribution in [0.4, 0.5) is 0 Å². The highest BCUT2D eigenvalue weighted by atomic mass is 32.2. The normalized spacial score (nSPS) is 21.9. The number of H-pyrrole nitrogens is 1. The average molecular weight is 327 g/mol. The molecule has 1 aromatic carbocycles. The van der Waals surface area contributed by atoms with Gasteiger partial charge in [-0.15, -0.1) is 0 Å². The van der Waals surface area contributed by atoms with Crippen molar-refractivity contribution in [2.75, 3.05) is 18.1 Å². The quantitative estimate of drug-likeness (QED) is 0.939. The Morgan fingerprint density at radius 2 is 2.04 bits per heavy atom. The summed E-state index contributed by atoms with van der Waals surface area (Å²) in [6, 6.07) is 10.3. The Hall–Kier alpha value is -1.75. The van der Waals surface area contributed by atoms with Gasteiger partial charge in [0.1, 0.15) is 5.82 Å². The van der Waals surface area contributed by atoms with Gasteiger partial charge in [-0.25, -0.2) is 4.98 Å². The molecule has 2 aliphatic rings. The van der Waals surface area contributed by atoms with Gasteiger partial charge in [0.15, 0.2) is 0 Å². The first-order valence-electron chi connectivity index (χ1n) is 8.31. The molecule has 1 N–H and O–H groups in total. The summed E-state index contributed by atoms with van der Waals surface area (Å²) in [5.74, 6) is 3.45. The fraction of sp³-hybridized carbons (Fsp3) is 0.444. The van der Waals surface area contributed by atoms with E-state index in [2.05, 4.69) is 27.0 Å². The second-order valence-corrected chi connectivity index (χ2v) is 7.40. The summed E-state index contributed by atoms with van der Waals surface area (Å²) < 4.78 is 0. The van der Waals surface area contributed by atoms with E-state index in [0.29, 0.717) is 5.91 Å². The molecular formula is C18H21N3OS. The lowest BCUT2D eigenvalue weighted by Crippen LogP contribution is -2.45. The first-order chi connectivity index (χ1) is 11.3. The monoisotopic (exact) mass is 327 g/mol. The molecule has 4 rings (SSSR count). The van der Waals surface area contributed by atoms with Gasteiger partial charge < -0.3 is 9.88 Å². The smallest absolute Gasteiger partial charge is 0.227 e. The van der Waals surface area contributed by atoms with E-state index in [-0.39, 0.29) is 12.0 Å². The zero-order valence-electron chi connectivity index (χ0n) is 13.1. The standard InChI is InChI=1S/C18H21N3OS/c22-18(14-11-23-12-14)21-9-5-4-8-16(21)17-19-10-15(20-17)13-6-2-1-3-7-13/h1-3,6-7,10,14,16H,4-5,8-9,11-12H2,(H,19,20). The van der Waals surface area contributed by atoms with Crippen molar-refractivity contribution in [3.05, 3.63) is 42.4 Å². The number of carbonyl (C=O) groups is 1. The molecule has 0 saturated carbocycles. The Kier molecular flexibility index (Phi) is 4.12. The van der Waals surface area contributed by atoms with Crippen LogP contribution in [-0.2, 0) is 4.79 Å². The van der Waals surface area contributed by atoms with Crippen LogP contribution in [0.1, 0.15) is 31.1 Å². The van der Waals surface area contributed by atoms with Gasteiger partial charge in [-0.05, 0) is 24.8 Å². The van der Waals surface area contributed by atoms with Gasteiger partial charge in [-0.3, -0.25) is 4.79 Å². The number of thioether (sulfide) groups is 1. The molecule has 2 aromatic rings. The number of amides is 1. The number of hydrogen-bond acceptors (Lipinski definition) is 3. The molecule has 2 aliphatic heterocycles. The Morgan fingerprint density at radius 1 is 1.22 bits per heavy atom. The van der Waals surface area contributed by atoms with E-state index in [1.54, 1.807) is 0 Å². The van der Waals surface area contributed by atoms with Crippen LogP contribution in [0.2, 0.25) is 0 Å². The van der Waals surface area contributed by atoms with Gasteiger partial charge in [0.05, 0.1) is 23.9 Å². The van der Waals surface area contributed by atoms with Crippen LogP contribution in [0.3, 0.4) is 0 Å². The van der Waals surface area contributed by atoms with E-state index in [9.17, 15) is 4.79 Å². The molecule has 0 spiro atoms. The topological polar surface area (TPSA) is 49.0 Å². The van der Waals surface area contributed by atoms with E-state index in [0.717, 1.165) is 54.4 Å². The summed E-state index contributed by atoms with van der Waals surface area (Å²) in [7, 11) is 0. The lowest BCUT2D eigenvalue weighted by molar-refractivity contribution is -0.138. The second-order valence-electron chi connectivity index (χ2n) is 6.33. The van der Waals surface area contributed by atoms with Crippen molar-refractivity contribution in [2.45, 2.75) is 25.3 Å². The summed E-state index contributed by atoms with van der Waals surface area (Å²) >= 11 is 1.86. The maximum Gasteiger partial charge on any atom is 0.227 e. The number of aromatic nitrogens is 2. The molecule has 23 heavy (non-hydrogen) atoms. The number of piperidine rings is 1. The molecule has 1 aromatic heterocycles. The lowest BCUT2D eigenvalue weighted by Gasteiger charge is -2.38. The molecule has 3 heterocycles. The molecule has 2 fully saturated rings. The van der Waals surface area contributed by atoms with Gasteiger partial charge in [-0.2, -0.15) is 11.8 Å². The number of hydrogen-bond donors (Lipinski definition) is 1. The summed E-state index contributed by atoms with van der Waals surface area (Å²) in [4.78, 5) is 22.8. The van der Waals surface area contributed by atoms with Gasteiger partial charge in [-0.1, -0.05) is 30.3 Å². The number of nitrogens with zero attached hydrogens (tertiary/aromatic N) is 2. The van der Waals surface area contributed by atoms with Crippen LogP contribution in [0.15, 0.2) is 36.5 Å². The Bertz CT molecular complexity index is 681. The number of imidazole rings is 1. The molecule has 5 heteroatoms. The fourth-order valence-corrected chi connectivity index (χ4v) is 4.12. The number of likely N-dealkylation sites (tertiary alicyclic amines) is 1. The van der Waals surface area contributed by atoms with Crippen LogP contribution >= 0.6 is 11.8 Å². The number of nitrogens with one attached hydrogen (secondary N) is 1. The minimum atomic E-state index is 0.110. The van der Waals surface area contributed by atoms with Crippen molar-refractivity contribution in [1.29, 1.82) is 0 Å². The van der Waals surface area contributed by atoms with Gasteiger partial charge in [0, 0.05) is 18.1 Å². The van der Waals surface area contributed by atoms with Gasteiger partial charge >= 0.3 is 0 Å². The van der Waals surface area contributed by atoms with Crippen molar-refractivity contribution in [1.82, 2.24) is 14.9 Å². The lowest BCUT2D eigenvalue weighted by atomic mass is 9.99. The number of aromatic amines is 1. The molecule has 1 unspecified atom stereocenters. The minimum Gasteiger partial charge on any atom is -0.340 e. The third kappa shape index (κ3) is 2.90. The van der Waals surface area contributed by atoms with E-state index < -0.39 is 0 Å². The molecule has 0 aliphatic carbocycles. The SMILES string of the molecule is O=C(C1CSC1)N1CCCCC1c1ncc(-c2ccccc2)[nH]1. The first-order valence-corrected chi connectivity index (χ1v) is 9.47. The first kappa shape index (κ1) is 14.8. The van der Waals surface area contributed by atoms with Crippen molar-refractivity contribution >= 4 is 17.7 Å². The van der Waals surface area contributed by atoms with Crippen molar-refractivity contribution in [3.8, 4) is 11.3 Å². The highest BCUT2D eigenvalue weighted by Crippen LogP contribution is 2.34. The molecule has 4 nitrogen and oxygen atoms in total. The van der Waals surface area contributed by atoms with E-state index in [1.165, 1.54) is 0 Å². The molecule has 120 valence electrons. The maximum absolute atomic E-state index is 12.7. The molecule has 1 atom stereocenters. The highest BCUT2D eigenvalue weighted by Gasteiger charge is 2.36. The van der Waals surface area contributed by atoms with Crippen molar-refractivity contribution in [3.63, 3.8) is 0 Å². The summed E-state index contributed by atoms with van der Waals surface area (Å²) in [5.41, 5.74) is 2.16. The Labute approximate surface area is 140 Å². The molecule has 2 saturated heterocycles. The largest absolute Gasteiger partial charge is 0.340 e. The molecular weight excluding hydrogens is 306 g/mol. The molecule has 1 amide bonds. The third-order valence-corrected chi connectivity index (χ3v) is 6.05. The summed E-state index contributed by atoms with van der Waals surface area (Å²) in [6.07, 6.45) is 5.16. The minimum absolute atomic E-state index is 0.110. The Morgan fingerprint density at radius 3 is 2.78 bits per heavy atom. The number of benzene rings is 1. The summed E-state index contributed by atoms with van der Waals surface area (Å²) in [6.45, 7) is 0.867. The van der Waals surface area contributed by atoms with Crippen LogP contribution in [0, 0.1) is 5.92 Å². The predicted molar refractivity (Wildman–Crippen MR) is 93.1 cm³/mol. The van der Waals surface area contributed by atoms with E-state index in [4.69, 9.17) is 0 Å². The second kappa shape index (κ2) is 6.40. The van der Waals surface area contributed by atoms with E-state index in [1.807, 2.05) is 36.2 Å². The summed E-state index contributed by atoms with van der Waals surface area (Å²) in [5, 5.41) is 0. The zero-order valence-corrected chi connectivity index (χ0v) is 13.9. The van der Waals surface area contributed by atoms with Crippen molar-refractivity contribution in [2.24, 2.45) is 5.92 Å². The van der Waals surface area contributed by atoms with Crippen LogP contribution in [0.25, 0.3) is 11.3 Å². The number of carbonyl (C=O) groups excluding carboxylic acids is 1. The molecule has 0 bridgehead atoms. The fourth-order valence-electron chi connectivity index (χ4n) is 3.36. The third-order valence-electron chi connectivity index (χ3n) is 4.77. The van der Waals surface area contributed by atoms with Crippen molar-refractivity contribution < 1.29 is 4.79 Å².